The Bertz CT molecular complexity index is 837. The van der Waals surface area contributed by atoms with Gasteiger partial charge in [0.1, 0.15) is 5.82 Å². The lowest BCUT2D eigenvalue weighted by atomic mass is 10.0. The fourth-order valence-electron chi connectivity index (χ4n) is 5.82. The molecular weight excluding hydrogens is 456 g/mol. The third kappa shape index (κ3) is 7.79. The first-order valence-corrected chi connectivity index (χ1v) is 14.1. The van der Waals surface area contributed by atoms with Crippen LogP contribution in [-0.4, -0.2) is 90.1 Å². The molecule has 0 bridgehead atoms. The average Bonchev–Trinajstić information content (AvgIpc) is 3.32. The lowest BCUT2D eigenvalue weighted by Gasteiger charge is -2.39. The zero-order valence-corrected chi connectivity index (χ0v) is 22.0. The number of anilines is 2. The summed E-state index contributed by atoms with van der Waals surface area (Å²) < 4.78 is 4.67. The van der Waals surface area contributed by atoms with Gasteiger partial charge in [0.05, 0.1) is 7.11 Å². The largest absolute Gasteiger partial charge is 0.469 e. The highest BCUT2D eigenvalue weighted by atomic mass is 16.5. The third-order valence-corrected chi connectivity index (χ3v) is 7.94. The normalized spacial score (nSPS) is 22.5. The highest BCUT2D eigenvalue weighted by molar-refractivity contribution is 5.77. The summed E-state index contributed by atoms with van der Waals surface area (Å²) >= 11 is 0. The van der Waals surface area contributed by atoms with Gasteiger partial charge in [0, 0.05) is 63.8 Å². The summed E-state index contributed by atoms with van der Waals surface area (Å²) in [5, 5.41) is 3.66. The molecule has 1 unspecified atom stereocenters. The first kappa shape index (κ1) is 26.6. The van der Waals surface area contributed by atoms with E-state index in [0.29, 0.717) is 31.3 Å². The van der Waals surface area contributed by atoms with Crippen LogP contribution in [0.1, 0.15) is 77.0 Å². The molecule has 0 aliphatic carbocycles. The van der Waals surface area contributed by atoms with Crippen LogP contribution >= 0.6 is 0 Å². The summed E-state index contributed by atoms with van der Waals surface area (Å²) in [6.45, 7) is 5.88. The summed E-state index contributed by atoms with van der Waals surface area (Å²) in [6.07, 6.45) is 13.9. The molecule has 0 aromatic carbocycles. The first-order chi connectivity index (χ1) is 17.6. The van der Waals surface area contributed by atoms with Gasteiger partial charge in [0.2, 0.25) is 11.9 Å². The second-order valence-electron chi connectivity index (χ2n) is 10.5. The van der Waals surface area contributed by atoms with Crippen LogP contribution in [-0.2, 0) is 14.3 Å². The summed E-state index contributed by atoms with van der Waals surface area (Å²) in [5.74, 6) is 1.71. The fourth-order valence-corrected chi connectivity index (χ4v) is 5.82. The number of carbonyl (C=O) groups excluding carboxylic acids is 2. The number of amides is 1. The quantitative estimate of drug-likeness (QED) is 0.543. The Labute approximate surface area is 216 Å². The van der Waals surface area contributed by atoms with E-state index < -0.39 is 0 Å². The summed E-state index contributed by atoms with van der Waals surface area (Å²) in [7, 11) is 1.39. The van der Waals surface area contributed by atoms with Gasteiger partial charge in [-0.05, 0) is 57.6 Å². The number of hydrogen-bond acceptors (Lipinski definition) is 8. The molecule has 1 amide bonds. The molecule has 9 heteroatoms. The SMILES string of the molecule is COC(=O)CCCC(=O)N1CCC(N2CCCCC(Nc3nccc(N4CCCCCC4)n3)C2)CC1. The van der Waals surface area contributed by atoms with E-state index in [4.69, 9.17) is 4.98 Å². The standard InChI is InChI=1S/C27H44N6O3/c1-36-26(35)11-8-10-25(34)32-19-13-23(14-20-32)33-18-7-4-9-22(21-33)29-27-28-15-12-24(30-27)31-16-5-2-3-6-17-31/h12,15,22-23H,2-11,13-14,16-21H2,1H3,(H,28,29,30). The minimum atomic E-state index is -0.245. The Hall–Kier alpha value is -2.42. The van der Waals surface area contributed by atoms with E-state index >= 15 is 0 Å². The van der Waals surface area contributed by atoms with Gasteiger partial charge in [0.25, 0.3) is 0 Å². The van der Waals surface area contributed by atoms with Crippen molar-refractivity contribution in [3.05, 3.63) is 12.3 Å². The minimum Gasteiger partial charge on any atom is -0.469 e. The molecule has 1 aromatic rings. The van der Waals surface area contributed by atoms with Gasteiger partial charge in [-0.3, -0.25) is 14.5 Å². The Morgan fingerprint density at radius 3 is 2.47 bits per heavy atom. The zero-order chi connectivity index (χ0) is 25.2. The maximum absolute atomic E-state index is 12.6. The van der Waals surface area contributed by atoms with Crippen molar-refractivity contribution in [1.29, 1.82) is 0 Å². The molecule has 4 rings (SSSR count). The van der Waals surface area contributed by atoms with E-state index in [1.54, 1.807) is 0 Å². The molecule has 36 heavy (non-hydrogen) atoms. The molecule has 1 N–H and O–H groups in total. The van der Waals surface area contributed by atoms with Crippen LogP contribution in [0.25, 0.3) is 0 Å². The fraction of sp³-hybridized carbons (Fsp3) is 0.778. The van der Waals surface area contributed by atoms with Crippen LogP contribution in [0.4, 0.5) is 11.8 Å². The van der Waals surface area contributed by atoms with Crippen molar-refractivity contribution >= 4 is 23.6 Å². The van der Waals surface area contributed by atoms with Crippen molar-refractivity contribution in [3.63, 3.8) is 0 Å². The van der Waals surface area contributed by atoms with E-state index in [9.17, 15) is 9.59 Å². The molecule has 9 nitrogen and oxygen atoms in total. The second kappa shape index (κ2) is 13.8. The van der Waals surface area contributed by atoms with Crippen LogP contribution in [0.5, 0.6) is 0 Å². The minimum absolute atomic E-state index is 0.161. The molecule has 1 aromatic heterocycles. The van der Waals surface area contributed by atoms with Gasteiger partial charge in [0.15, 0.2) is 0 Å². The molecule has 4 heterocycles. The lowest BCUT2D eigenvalue weighted by molar-refractivity contribution is -0.141. The van der Waals surface area contributed by atoms with Crippen molar-refractivity contribution in [2.45, 2.75) is 89.1 Å². The van der Waals surface area contributed by atoms with Crippen molar-refractivity contribution < 1.29 is 14.3 Å². The van der Waals surface area contributed by atoms with Crippen molar-refractivity contribution in [1.82, 2.24) is 19.8 Å². The van der Waals surface area contributed by atoms with Gasteiger partial charge < -0.3 is 19.9 Å². The van der Waals surface area contributed by atoms with E-state index in [2.05, 4.69) is 24.8 Å². The Kier molecular flexibility index (Phi) is 10.2. The number of rotatable bonds is 8. The molecular formula is C27H44N6O3. The van der Waals surface area contributed by atoms with Crippen molar-refractivity contribution in [2.75, 3.05) is 56.6 Å². The third-order valence-electron chi connectivity index (χ3n) is 7.94. The number of ether oxygens (including phenoxy) is 1. The number of nitrogens with zero attached hydrogens (tertiary/aromatic N) is 5. The summed E-state index contributed by atoms with van der Waals surface area (Å²) in [4.78, 5) is 40.3. The molecule has 0 spiro atoms. The zero-order valence-electron chi connectivity index (χ0n) is 22.0. The number of likely N-dealkylation sites (tertiary alicyclic amines) is 2. The number of aromatic nitrogens is 2. The molecule has 3 aliphatic rings. The van der Waals surface area contributed by atoms with Gasteiger partial charge in [-0.25, -0.2) is 4.98 Å². The number of carbonyl (C=O) groups is 2. The number of esters is 1. The van der Waals surface area contributed by atoms with Crippen LogP contribution < -0.4 is 10.2 Å². The van der Waals surface area contributed by atoms with Gasteiger partial charge in [-0.1, -0.05) is 19.3 Å². The molecule has 1 atom stereocenters. The highest BCUT2D eigenvalue weighted by Crippen LogP contribution is 2.24. The van der Waals surface area contributed by atoms with E-state index in [0.717, 1.165) is 70.3 Å². The van der Waals surface area contributed by atoms with Crippen LogP contribution in [0.3, 0.4) is 0 Å². The summed E-state index contributed by atoms with van der Waals surface area (Å²) in [5.41, 5.74) is 0. The average molecular weight is 501 g/mol. The van der Waals surface area contributed by atoms with Crippen molar-refractivity contribution in [2.24, 2.45) is 0 Å². The lowest BCUT2D eigenvalue weighted by Crippen LogP contribution is -2.49. The number of methoxy groups -OCH3 is 1. The molecule has 3 fully saturated rings. The molecule has 3 aliphatic heterocycles. The molecule has 3 saturated heterocycles. The number of hydrogen-bond donors (Lipinski definition) is 1. The van der Waals surface area contributed by atoms with Crippen LogP contribution in [0.2, 0.25) is 0 Å². The number of nitrogens with one attached hydrogen (secondary N) is 1. The number of piperidine rings is 1. The Morgan fingerprint density at radius 1 is 0.972 bits per heavy atom. The first-order valence-electron chi connectivity index (χ1n) is 14.1. The molecule has 200 valence electrons. The van der Waals surface area contributed by atoms with E-state index in [-0.39, 0.29) is 11.9 Å². The van der Waals surface area contributed by atoms with Crippen molar-refractivity contribution in [3.8, 4) is 0 Å². The summed E-state index contributed by atoms with van der Waals surface area (Å²) in [6, 6.07) is 2.89. The molecule has 0 radical (unpaired) electrons. The smallest absolute Gasteiger partial charge is 0.305 e. The van der Waals surface area contributed by atoms with Crippen LogP contribution in [0.15, 0.2) is 12.3 Å². The van der Waals surface area contributed by atoms with Gasteiger partial charge in [-0.2, -0.15) is 4.98 Å². The maximum Gasteiger partial charge on any atom is 0.305 e. The van der Waals surface area contributed by atoms with Crippen LogP contribution in [0, 0.1) is 0 Å². The Balaban J connectivity index is 1.26. The van der Waals surface area contributed by atoms with E-state index in [1.807, 2.05) is 17.2 Å². The topological polar surface area (TPSA) is 90.9 Å². The highest BCUT2D eigenvalue weighted by Gasteiger charge is 2.29. The van der Waals surface area contributed by atoms with Gasteiger partial charge >= 0.3 is 5.97 Å². The predicted octanol–water partition coefficient (Wildman–Crippen LogP) is 3.46. The monoisotopic (exact) mass is 500 g/mol. The Morgan fingerprint density at radius 2 is 1.72 bits per heavy atom. The molecule has 0 saturated carbocycles. The maximum atomic E-state index is 12.6. The van der Waals surface area contributed by atoms with E-state index in [1.165, 1.54) is 45.6 Å². The second-order valence-corrected chi connectivity index (χ2v) is 10.5. The van der Waals surface area contributed by atoms with Gasteiger partial charge in [-0.15, -0.1) is 0 Å². The predicted molar refractivity (Wildman–Crippen MR) is 141 cm³/mol.